The van der Waals surface area contributed by atoms with Crippen LogP contribution in [0.5, 0.6) is 0 Å². The highest BCUT2D eigenvalue weighted by Crippen LogP contribution is 2.10. The molecule has 0 spiro atoms. The molecule has 0 bridgehead atoms. The van der Waals surface area contributed by atoms with Gasteiger partial charge in [-0.3, -0.25) is 9.59 Å². The molecule has 0 radical (unpaired) electrons. The Morgan fingerprint density at radius 1 is 1.15 bits per heavy atom. The predicted molar refractivity (Wildman–Crippen MR) is 74.5 cm³/mol. The minimum atomic E-state index is -1.03. The first-order chi connectivity index (χ1) is 9.65. The molecule has 0 aliphatic rings. The Balaban J connectivity index is 2.20. The number of carbonyl (C=O) groups excluding carboxylic acids is 2. The monoisotopic (exact) mass is 277 g/mol. The molecule has 5 heteroatoms. The van der Waals surface area contributed by atoms with Gasteiger partial charge >= 0.3 is 5.97 Å². The van der Waals surface area contributed by atoms with Crippen LogP contribution in [-0.4, -0.2) is 29.3 Å². The smallest absolute Gasteiger partial charge is 0.326 e. The zero-order valence-electron chi connectivity index (χ0n) is 11.2. The van der Waals surface area contributed by atoms with Gasteiger partial charge in [-0.05, 0) is 12.8 Å². The van der Waals surface area contributed by atoms with Gasteiger partial charge in [0.15, 0.2) is 5.78 Å². The van der Waals surface area contributed by atoms with Gasteiger partial charge in [0.1, 0.15) is 6.04 Å². The summed E-state index contributed by atoms with van der Waals surface area (Å²) in [6.07, 6.45) is 3.40. The lowest BCUT2D eigenvalue weighted by atomic mass is 10.0. The fraction of sp³-hybridized carbons (Fsp3) is 0.400. The number of carboxylic acid groups (broad SMARTS) is 1. The second-order valence-electron chi connectivity index (χ2n) is 4.56. The van der Waals surface area contributed by atoms with Crippen LogP contribution in [0.2, 0.25) is 0 Å². The van der Waals surface area contributed by atoms with Crippen molar-refractivity contribution < 1.29 is 19.5 Å². The van der Waals surface area contributed by atoms with Gasteiger partial charge in [0.05, 0.1) is 0 Å². The van der Waals surface area contributed by atoms with Crippen molar-refractivity contribution in [3.05, 3.63) is 35.9 Å². The summed E-state index contributed by atoms with van der Waals surface area (Å²) in [5.74, 6) is -0.927. The second kappa shape index (κ2) is 8.85. The third-order valence-electron chi connectivity index (χ3n) is 3.06. The number of amides is 1. The molecule has 0 aromatic heterocycles. The van der Waals surface area contributed by atoms with Crippen LogP contribution in [-0.2, 0) is 9.59 Å². The zero-order chi connectivity index (χ0) is 14.8. The molecule has 0 saturated heterocycles. The van der Waals surface area contributed by atoms with E-state index in [1.54, 1.807) is 12.1 Å². The number of unbranched alkanes of at least 4 members (excludes halogenated alkanes) is 2. The molecular formula is C15H19NO4. The molecule has 0 saturated carbocycles. The van der Waals surface area contributed by atoms with E-state index in [1.807, 2.05) is 18.2 Å². The number of ketones is 1. The topological polar surface area (TPSA) is 83.5 Å². The van der Waals surface area contributed by atoms with E-state index in [2.05, 4.69) is 5.32 Å². The molecule has 108 valence electrons. The Labute approximate surface area is 118 Å². The summed E-state index contributed by atoms with van der Waals surface area (Å²) in [5.41, 5.74) is 0.707. The third-order valence-corrected chi connectivity index (χ3v) is 3.06. The number of benzene rings is 1. The van der Waals surface area contributed by atoms with E-state index in [-0.39, 0.29) is 5.78 Å². The first-order valence-electron chi connectivity index (χ1n) is 6.66. The zero-order valence-corrected chi connectivity index (χ0v) is 11.2. The highest BCUT2D eigenvalue weighted by atomic mass is 16.4. The fourth-order valence-corrected chi connectivity index (χ4v) is 1.94. The molecule has 1 atom stereocenters. The average Bonchev–Trinajstić information content (AvgIpc) is 2.46. The third kappa shape index (κ3) is 5.65. The number of hydrogen-bond donors (Lipinski definition) is 2. The van der Waals surface area contributed by atoms with E-state index in [0.29, 0.717) is 31.2 Å². The molecule has 1 amide bonds. The molecule has 0 aliphatic carbocycles. The number of hydrogen-bond acceptors (Lipinski definition) is 3. The van der Waals surface area contributed by atoms with Crippen LogP contribution in [0.3, 0.4) is 0 Å². The summed E-state index contributed by atoms with van der Waals surface area (Å²) in [5, 5.41) is 11.1. The molecule has 0 aliphatic heterocycles. The number of carboxylic acids is 1. The number of nitrogens with one attached hydrogen (secondary N) is 1. The van der Waals surface area contributed by atoms with Gasteiger partial charge < -0.3 is 10.4 Å². The first kappa shape index (κ1) is 15.9. The van der Waals surface area contributed by atoms with Crippen LogP contribution in [0.1, 0.15) is 42.5 Å². The van der Waals surface area contributed by atoms with E-state index in [1.165, 1.54) is 0 Å². The molecule has 1 aromatic rings. The average molecular weight is 277 g/mol. The molecule has 1 unspecified atom stereocenters. The summed E-state index contributed by atoms with van der Waals surface area (Å²) in [6.45, 7) is 0. The Hall–Kier alpha value is -2.17. The van der Waals surface area contributed by atoms with E-state index in [0.717, 1.165) is 12.8 Å². The minimum absolute atomic E-state index is 0.103. The SMILES string of the molecule is O=CNC(CCCCCC(=O)c1ccccc1)C(=O)O. The van der Waals surface area contributed by atoms with Gasteiger partial charge in [-0.2, -0.15) is 0 Å². The van der Waals surface area contributed by atoms with Crippen LogP contribution < -0.4 is 5.32 Å². The molecule has 0 fully saturated rings. The Kier molecular flexibility index (Phi) is 7.03. The quantitative estimate of drug-likeness (QED) is 0.389. The molecule has 5 nitrogen and oxygen atoms in total. The molecule has 2 N–H and O–H groups in total. The Morgan fingerprint density at radius 2 is 1.85 bits per heavy atom. The van der Waals surface area contributed by atoms with Crippen molar-refractivity contribution in [3.8, 4) is 0 Å². The summed E-state index contributed by atoms with van der Waals surface area (Å²) in [4.78, 5) is 32.8. The van der Waals surface area contributed by atoms with Crippen LogP contribution in [0, 0.1) is 0 Å². The Morgan fingerprint density at radius 3 is 2.45 bits per heavy atom. The lowest BCUT2D eigenvalue weighted by Crippen LogP contribution is -2.35. The van der Waals surface area contributed by atoms with Gasteiger partial charge in [0.2, 0.25) is 6.41 Å². The standard InChI is InChI=1S/C15H19NO4/c17-11-16-13(15(19)20)9-5-2-6-10-14(18)12-7-3-1-4-8-12/h1,3-4,7-8,11,13H,2,5-6,9-10H2,(H,16,17)(H,19,20). The van der Waals surface area contributed by atoms with Gasteiger partial charge in [-0.15, -0.1) is 0 Å². The van der Waals surface area contributed by atoms with Crippen molar-refractivity contribution in [3.63, 3.8) is 0 Å². The lowest BCUT2D eigenvalue weighted by Gasteiger charge is -2.10. The predicted octanol–water partition coefficient (Wildman–Crippen LogP) is 2.02. The van der Waals surface area contributed by atoms with E-state index in [4.69, 9.17) is 5.11 Å². The molecule has 1 rings (SSSR count). The highest BCUT2D eigenvalue weighted by Gasteiger charge is 2.15. The van der Waals surface area contributed by atoms with Crippen LogP contribution >= 0.6 is 0 Å². The number of aliphatic carboxylic acids is 1. The van der Waals surface area contributed by atoms with Gasteiger partial charge in [-0.25, -0.2) is 4.79 Å². The van der Waals surface area contributed by atoms with Crippen LogP contribution in [0.25, 0.3) is 0 Å². The summed E-state index contributed by atoms with van der Waals surface area (Å²) < 4.78 is 0. The second-order valence-corrected chi connectivity index (χ2v) is 4.56. The summed E-state index contributed by atoms with van der Waals surface area (Å²) in [7, 11) is 0. The largest absolute Gasteiger partial charge is 0.480 e. The molecule has 0 heterocycles. The van der Waals surface area contributed by atoms with Crippen molar-refractivity contribution in [2.24, 2.45) is 0 Å². The summed E-state index contributed by atoms with van der Waals surface area (Å²) in [6, 6.07) is 8.26. The van der Waals surface area contributed by atoms with Crippen LogP contribution in [0.4, 0.5) is 0 Å². The number of rotatable bonds is 10. The normalized spacial score (nSPS) is 11.6. The number of carbonyl (C=O) groups is 3. The van der Waals surface area contributed by atoms with Gasteiger partial charge in [0.25, 0.3) is 0 Å². The van der Waals surface area contributed by atoms with E-state index < -0.39 is 12.0 Å². The fourth-order valence-electron chi connectivity index (χ4n) is 1.94. The first-order valence-corrected chi connectivity index (χ1v) is 6.66. The molecule has 20 heavy (non-hydrogen) atoms. The minimum Gasteiger partial charge on any atom is -0.480 e. The maximum atomic E-state index is 11.8. The van der Waals surface area contributed by atoms with Crippen molar-refractivity contribution in [1.82, 2.24) is 5.32 Å². The van der Waals surface area contributed by atoms with Gasteiger partial charge in [0, 0.05) is 12.0 Å². The van der Waals surface area contributed by atoms with Gasteiger partial charge in [-0.1, -0.05) is 43.2 Å². The van der Waals surface area contributed by atoms with E-state index in [9.17, 15) is 14.4 Å². The van der Waals surface area contributed by atoms with E-state index >= 15 is 0 Å². The summed E-state index contributed by atoms with van der Waals surface area (Å²) >= 11 is 0. The maximum absolute atomic E-state index is 11.8. The number of Topliss-reactive ketones (excluding diaryl/α,β-unsaturated/α-hetero) is 1. The van der Waals surface area contributed by atoms with Crippen molar-refractivity contribution in [1.29, 1.82) is 0 Å². The van der Waals surface area contributed by atoms with Crippen molar-refractivity contribution in [2.45, 2.75) is 38.1 Å². The van der Waals surface area contributed by atoms with Crippen molar-refractivity contribution >= 4 is 18.2 Å². The molecular weight excluding hydrogens is 258 g/mol. The Bertz CT molecular complexity index is 444. The highest BCUT2D eigenvalue weighted by molar-refractivity contribution is 5.95. The molecule has 1 aromatic carbocycles. The maximum Gasteiger partial charge on any atom is 0.326 e. The van der Waals surface area contributed by atoms with Crippen molar-refractivity contribution in [2.75, 3.05) is 0 Å². The van der Waals surface area contributed by atoms with Crippen LogP contribution in [0.15, 0.2) is 30.3 Å². The lowest BCUT2D eigenvalue weighted by molar-refractivity contribution is -0.140.